The lowest BCUT2D eigenvalue weighted by Gasteiger charge is -2.11. The van der Waals surface area contributed by atoms with Gasteiger partial charge in [0.15, 0.2) is 0 Å². The van der Waals surface area contributed by atoms with E-state index >= 15 is 0 Å². The Bertz CT molecular complexity index is 686. The second-order valence-electron chi connectivity index (χ2n) is 3.96. The van der Waals surface area contributed by atoms with E-state index in [4.69, 9.17) is 5.84 Å². The molecule has 2 aromatic rings. The van der Waals surface area contributed by atoms with Crippen LogP contribution in [-0.2, 0) is 10.0 Å². The number of nitrogens with two attached hydrogens (primary N) is 1. The van der Waals surface area contributed by atoms with E-state index in [1.807, 2.05) is 6.92 Å². The average molecular weight is 278 g/mol. The number of aromatic nitrogens is 1. The average Bonchev–Trinajstić information content (AvgIpc) is 2.38. The molecule has 0 saturated heterocycles. The van der Waals surface area contributed by atoms with E-state index < -0.39 is 10.0 Å². The number of para-hydroxylation sites is 1. The molecule has 1 aromatic carbocycles. The number of nitrogens with one attached hydrogen (secondary N) is 2. The first-order valence-electron chi connectivity index (χ1n) is 5.54. The molecule has 0 saturated carbocycles. The summed E-state index contributed by atoms with van der Waals surface area (Å²) in [6, 6.07) is 9.80. The second kappa shape index (κ2) is 5.25. The summed E-state index contributed by atoms with van der Waals surface area (Å²) in [5, 5.41) is 0. The maximum Gasteiger partial charge on any atom is 0.265 e. The number of pyridine rings is 1. The Morgan fingerprint density at radius 1 is 1.21 bits per heavy atom. The normalized spacial score (nSPS) is 11.1. The van der Waals surface area contributed by atoms with E-state index in [1.54, 1.807) is 36.5 Å². The Balaban J connectivity index is 2.38. The molecule has 4 N–H and O–H groups in total. The summed E-state index contributed by atoms with van der Waals surface area (Å²) in [6.07, 6.45) is 1.54. The van der Waals surface area contributed by atoms with Gasteiger partial charge in [-0.2, -0.15) is 0 Å². The van der Waals surface area contributed by atoms with Crippen LogP contribution < -0.4 is 16.0 Å². The fourth-order valence-electron chi connectivity index (χ4n) is 1.60. The number of nitrogen functional groups attached to an aromatic ring is 1. The topological polar surface area (TPSA) is 97.1 Å². The quantitative estimate of drug-likeness (QED) is 0.581. The fraction of sp³-hybridized carbons (Fsp3) is 0.0833. The van der Waals surface area contributed by atoms with Crippen molar-refractivity contribution in [1.29, 1.82) is 0 Å². The smallest absolute Gasteiger partial charge is 0.265 e. The molecule has 0 aliphatic rings. The molecule has 19 heavy (non-hydrogen) atoms. The minimum Gasteiger partial charge on any atom is -0.323 e. The molecule has 0 fully saturated rings. The first kappa shape index (κ1) is 13.3. The summed E-state index contributed by atoms with van der Waals surface area (Å²) in [6.45, 7) is 1.86. The van der Waals surface area contributed by atoms with Gasteiger partial charge in [0.2, 0.25) is 0 Å². The Hall–Kier alpha value is -2.12. The lowest BCUT2D eigenvalue weighted by molar-refractivity contribution is 0.601. The van der Waals surface area contributed by atoms with Crippen LogP contribution in [0.5, 0.6) is 0 Å². The molecule has 6 nitrogen and oxygen atoms in total. The number of rotatable bonds is 4. The largest absolute Gasteiger partial charge is 0.323 e. The maximum absolute atomic E-state index is 12.2. The molecule has 0 aliphatic carbocycles. The standard InChI is InChI=1S/C12H14N4O2S/c1-9-6-7-14-12(8-9)16-19(17,18)11-5-3-2-4-10(11)15-13/h2-8,15H,13H2,1H3,(H,14,16). The molecule has 0 aliphatic heterocycles. The molecule has 0 spiro atoms. The highest BCUT2D eigenvalue weighted by atomic mass is 32.2. The van der Waals surface area contributed by atoms with Crippen molar-refractivity contribution < 1.29 is 8.42 Å². The van der Waals surface area contributed by atoms with E-state index in [-0.39, 0.29) is 10.7 Å². The summed E-state index contributed by atoms with van der Waals surface area (Å²) < 4.78 is 26.9. The zero-order chi connectivity index (χ0) is 13.9. The van der Waals surface area contributed by atoms with Crippen LogP contribution >= 0.6 is 0 Å². The van der Waals surface area contributed by atoms with Crippen LogP contribution in [0.25, 0.3) is 0 Å². The van der Waals surface area contributed by atoms with Crippen molar-refractivity contribution >= 4 is 21.5 Å². The van der Waals surface area contributed by atoms with Crippen LogP contribution in [0.2, 0.25) is 0 Å². The van der Waals surface area contributed by atoms with Crippen molar-refractivity contribution in [2.45, 2.75) is 11.8 Å². The molecule has 1 heterocycles. The number of hydrogen-bond donors (Lipinski definition) is 3. The van der Waals surface area contributed by atoms with E-state index in [1.165, 1.54) is 6.07 Å². The molecule has 1 aromatic heterocycles. The molecule has 100 valence electrons. The highest BCUT2D eigenvalue weighted by Gasteiger charge is 2.18. The Morgan fingerprint density at radius 2 is 1.95 bits per heavy atom. The molecular formula is C12H14N4O2S. The predicted molar refractivity (Wildman–Crippen MR) is 74.0 cm³/mol. The fourth-order valence-corrected chi connectivity index (χ4v) is 2.78. The van der Waals surface area contributed by atoms with Gasteiger partial charge in [0.1, 0.15) is 10.7 Å². The van der Waals surface area contributed by atoms with Gasteiger partial charge >= 0.3 is 0 Å². The Kier molecular flexibility index (Phi) is 3.68. The van der Waals surface area contributed by atoms with Gasteiger partial charge in [-0.15, -0.1) is 0 Å². The zero-order valence-corrected chi connectivity index (χ0v) is 11.1. The molecule has 0 amide bonds. The third-order valence-corrected chi connectivity index (χ3v) is 3.90. The molecule has 0 radical (unpaired) electrons. The third-order valence-electron chi connectivity index (χ3n) is 2.49. The van der Waals surface area contributed by atoms with Gasteiger partial charge in [0.05, 0.1) is 5.69 Å². The van der Waals surface area contributed by atoms with Crippen LogP contribution in [0, 0.1) is 6.92 Å². The lowest BCUT2D eigenvalue weighted by Crippen LogP contribution is -2.18. The maximum atomic E-state index is 12.2. The molecule has 7 heteroatoms. The van der Waals surface area contributed by atoms with Crippen molar-refractivity contribution in [3.8, 4) is 0 Å². The third kappa shape index (κ3) is 3.01. The number of hydrazine groups is 1. The highest BCUT2D eigenvalue weighted by Crippen LogP contribution is 2.22. The van der Waals surface area contributed by atoms with E-state index in [2.05, 4.69) is 15.1 Å². The van der Waals surface area contributed by atoms with Crippen molar-refractivity contribution in [2.75, 3.05) is 10.1 Å². The Morgan fingerprint density at radius 3 is 2.63 bits per heavy atom. The van der Waals surface area contributed by atoms with E-state index in [9.17, 15) is 8.42 Å². The molecular weight excluding hydrogens is 264 g/mol. The minimum absolute atomic E-state index is 0.0702. The number of aryl methyl sites for hydroxylation is 1. The van der Waals surface area contributed by atoms with Crippen LogP contribution in [0.4, 0.5) is 11.5 Å². The number of sulfonamides is 1. The minimum atomic E-state index is -3.73. The van der Waals surface area contributed by atoms with Crippen molar-refractivity contribution in [3.63, 3.8) is 0 Å². The van der Waals surface area contributed by atoms with Gasteiger partial charge in [0.25, 0.3) is 10.0 Å². The monoisotopic (exact) mass is 278 g/mol. The second-order valence-corrected chi connectivity index (χ2v) is 5.62. The van der Waals surface area contributed by atoms with Crippen LogP contribution in [-0.4, -0.2) is 13.4 Å². The van der Waals surface area contributed by atoms with Crippen LogP contribution in [0.3, 0.4) is 0 Å². The van der Waals surface area contributed by atoms with Gasteiger partial charge in [-0.25, -0.2) is 13.4 Å². The predicted octanol–water partition coefficient (Wildman–Crippen LogP) is 1.48. The molecule has 0 unspecified atom stereocenters. The lowest BCUT2D eigenvalue weighted by atomic mass is 10.3. The summed E-state index contributed by atoms with van der Waals surface area (Å²) in [7, 11) is -3.73. The SMILES string of the molecule is Cc1ccnc(NS(=O)(=O)c2ccccc2NN)c1. The van der Waals surface area contributed by atoms with Gasteiger partial charge in [-0.05, 0) is 36.8 Å². The number of hydrogen-bond acceptors (Lipinski definition) is 5. The summed E-state index contributed by atoms with van der Waals surface area (Å²) in [4.78, 5) is 4.03. The summed E-state index contributed by atoms with van der Waals surface area (Å²) >= 11 is 0. The molecule has 0 atom stereocenters. The zero-order valence-electron chi connectivity index (χ0n) is 10.3. The van der Waals surface area contributed by atoms with E-state index in [0.29, 0.717) is 5.69 Å². The van der Waals surface area contributed by atoms with Gasteiger partial charge in [-0.3, -0.25) is 10.6 Å². The highest BCUT2D eigenvalue weighted by molar-refractivity contribution is 7.92. The summed E-state index contributed by atoms with van der Waals surface area (Å²) in [5.74, 6) is 5.58. The van der Waals surface area contributed by atoms with Crippen molar-refractivity contribution in [2.24, 2.45) is 5.84 Å². The van der Waals surface area contributed by atoms with Gasteiger partial charge in [0, 0.05) is 6.20 Å². The van der Waals surface area contributed by atoms with Crippen molar-refractivity contribution in [1.82, 2.24) is 4.98 Å². The molecule has 2 rings (SSSR count). The Labute approximate surface area is 111 Å². The van der Waals surface area contributed by atoms with Gasteiger partial charge in [-0.1, -0.05) is 12.1 Å². The molecule has 0 bridgehead atoms. The number of benzene rings is 1. The van der Waals surface area contributed by atoms with Crippen molar-refractivity contribution in [3.05, 3.63) is 48.2 Å². The summed E-state index contributed by atoms with van der Waals surface area (Å²) in [5.41, 5.74) is 3.60. The van der Waals surface area contributed by atoms with Gasteiger partial charge < -0.3 is 5.43 Å². The first-order chi connectivity index (χ1) is 9.03. The van der Waals surface area contributed by atoms with E-state index in [0.717, 1.165) is 5.56 Å². The van der Waals surface area contributed by atoms with Crippen LogP contribution in [0.15, 0.2) is 47.5 Å². The first-order valence-corrected chi connectivity index (χ1v) is 7.02. The number of nitrogens with zero attached hydrogens (tertiary/aromatic N) is 1. The number of anilines is 2. The van der Waals surface area contributed by atoms with Crippen LogP contribution in [0.1, 0.15) is 5.56 Å².